The Hall–Kier alpha value is -1.01. The van der Waals surface area contributed by atoms with Crippen LogP contribution in [-0.4, -0.2) is 17.4 Å². The summed E-state index contributed by atoms with van der Waals surface area (Å²) in [5.74, 6) is 2.82. The highest BCUT2D eigenvalue weighted by atomic mass is 35.5. The van der Waals surface area contributed by atoms with Crippen LogP contribution in [0.25, 0.3) is 0 Å². The second-order valence-corrected chi connectivity index (χ2v) is 1.95. The summed E-state index contributed by atoms with van der Waals surface area (Å²) in [7, 11) is 0. The number of halogens is 1. The van der Waals surface area contributed by atoms with Gasteiger partial charge in [-0.25, -0.2) is 0 Å². The van der Waals surface area contributed by atoms with E-state index in [1.165, 1.54) is 0 Å². The molecule has 0 unspecified atom stereocenters. The van der Waals surface area contributed by atoms with E-state index in [9.17, 15) is 0 Å². The zero-order valence-electron chi connectivity index (χ0n) is 4.85. The Kier molecular flexibility index (Phi) is 1.41. The van der Waals surface area contributed by atoms with Crippen LogP contribution >= 0.6 is 11.6 Å². The lowest BCUT2D eigenvalue weighted by Gasteiger charge is -1.85. The van der Waals surface area contributed by atoms with Gasteiger partial charge in [0.2, 0.25) is 5.84 Å². The highest BCUT2D eigenvalue weighted by molar-refractivity contribution is 6.44. The van der Waals surface area contributed by atoms with Crippen molar-refractivity contribution in [3.8, 4) is 0 Å². The maximum Gasteiger partial charge on any atom is 0.355 e. The molecular formula is C5H5ClN3+. The van der Waals surface area contributed by atoms with Gasteiger partial charge in [0.15, 0.2) is 0 Å². The summed E-state index contributed by atoms with van der Waals surface area (Å²) in [6, 6.07) is 0. The summed E-state index contributed by atoms with van der Waals surface area (Å²) < 4.78 is 3.73. The summed E-state index contributed by atoms with van der Waals surface area (Å²) >= 11 is 5.41. The Bertz CT molecular complexity index is 264. The predicted octanol–water partition coefficient (Wildman–Crippen LogP) is -0.365. The second-order valence-electron chi connectivity index (χ2n) is 1.60. The first-order valence-corrected chi connectivity index (χ1v) is 2.75. The molecule has 46 valence electrons. The van der Waals surface area contributed by atoms with Crippen LogP contribution in [0.2, 0.25) is 0 Å². The van der Waals surface area contributed by atoms with Crippen molar-refractivity contribution in [1.29, 1.82) is 0 Å². The van der Waals surface area contributed by atoms with Crippen LogP contribution in [0.5, 0.6) is 0 Å². The lowest BCUT2D eigenvalue weighted by Crippen LogP contribution is -2.24. The zero-order chi connectivity index (χ0) is 6.85. The van der Waals surface area contributed by atoms with Gasteiger partial charge in [-0.2, -0.15) is 4.99 Å². The van der Waals surface area contributed by atoms with E-state index >= 15 is 0 Å². The first-order valence-electron chi connectivity index (χ1n) is 2.37. The molecule has 1 aliphatic heterocycles. The van der Waals surface area contributed by atoms with Crippen LogP contribution in [0.4, 0.5) is 0 Å². The molecule has 2 N–H and O–H groups in total. The summed E-state index contributed by atoms with van der Waals surface area (Å²) in [5, 5.41) is 0.207. The lowest BCUT2D eigenvalue weighted by atomic mass is 10.4. The molecule has 0 aliphatic carbocycles. The molecule has 9 heavy (non-hydrogen) atoms. The Labute approximate surface area is 57.3 Å². The van der Waals surface area contributed by atoms with Crippen molar-refractivity contribution >= 4 is 29.0 Å². The minimum absolute atomic E-state index is 0.207. The quantitative estimate of drug-likeness (QED) is 0.364. The average molecular weight is 143 g/mol. The second kappa shape index (κ2) is 2.08. The number of aliphatic imine (C=N–C) groups is 1. The van der Waals surface area contributed by atoms with Crippen LogP contribution in [-0.2, 0) is 0 Å². The van der Waals surface area contributed by atoms with E-state index < -0.39 is 0 Å². The average Bonchev–Trinajstić information content (AvgIpc) is 1.80. The summed E-state index contributed by atoms with van der Waals surface area (Å²) in [4.78, 5) is 3.70. The lowest BCUT2D eigenvalue weighted by molar-refractivity contribution is 1.46. The molecule has 0 atom stereocenters. The van der Waals surface area contributed by atoms with Crippen LogP contribution in [0.1, 0.15) is 6.92 Å². The largest absolute Gasteiger partial charge is 0.377 e. The predicted molar refractivity (Wildman–Crippen MR) is 38.8 cm³/mol. The van der Waals surface area contributed by atoms with Gasteiger partial charge in [0, 0.05) is 6.92 Å². The molecule has 1 rings (SSSR count). The molecule has 1 heterocycles. The van der Waals surface area contributed by atoms with Gasteiger partial charge >= 0.3 is 11.6 Å². The van der Waals surface area contributed by atoms with E-state index in [0.717, 1.165) is 0 Å². The smallest absolute Gasteiger partial charge is 0.355 e. The molecule has 0 aromatic heterocycles. The van der Waals surface area contributed by atoms with Crippen molar-refractivity contribution < 1.29 is 0 Å². The van der Waals surface area contributed by atoms with E-state index in [-0.39, 0.29) is 5.16 Å². The number of hydrogen-bond donors (Lipinski definition) is 1. The highest BCUT2D eigenvalue weighted by Gasteiger charge is 2.12. The van der Waals surface area contributed by atoms with E-state index in [4.69, 9.17) is 17.3 Å². The molecule has 0 aromatic carbocycles. The molecule has 0 bridgehead atoms. The fraction of sp³-hybridized carbons (Fsp3) is 0.200. The van der Waals surface area contributed by atoms with Crippen molar-refractivity contribution in [3.63, 3.8) is 0 Å². The first kappa shape index (κ1) is 6.12. The van der Waals surface area contributed by atoms with Crippen LogP contribution in [0.3, 0.4) is 0 Å². The Morgan fingerprint density at radius 3 is 2.89 bits per heavy atom. The number of hydrogen-bond acceptors (Lipinski definition) is 2. The standard InChI is InChI=1S/C5H5ClN3/c1-3-5(7)9-4(6)2-8-3/h1H3,(H2,7,9)/q+1. The Morgan fingerprint density at radius 1 is 1.78 bits per heavy atom. The molecule has 0 spiro atoms. The minimum Gasteiger partial charge on any atom is -0.377 e. The third kappa shape index (κ3) is 1.21. The van der Waals surface area contributed by atoms with Gasteiger partial charge in [-0.05, 0) is 16.3 Å². The molecule has 3 nitrogen and oxygen atoms in total. The molecule has 0 fully saturated rings. The van der Waals surface area contributed by atoms with Gasteiger partial charge in [0.05, 0.1) is 0 Å². The minimum atomic E-state index is 0.207. The molecule has 0 radical (unpaired) electrons. The van der Waals surface area contributed by atoms with Gasteiger partial charge in [-0.15, -0.1) is 0 Å². The van der Waals surface area contributed by atoms with Gasteiger partial charge in [0.25, 0.3) is 5.16 Å². The van der Waals surface area contributed by atoms with Crippen molar-refractivity contribution in [3.05, 3.63) is 5.16 Å². The molecule has 0 aromatic rings. The van der Waals surface area contributed by atoms with Crippen LogP contribution < -0.4 is 10.4 Å². The number of rotatable bonds is 0. The molecule has 0 saturated heterocycles. The zero-order valence-corrected chi connectivity index (χ0v) is 5.61. The molecular weight excluding hydrogens is 138 g/mol. The van der Waals surface area contributed by atoms with Crippen molar-refractivity contribution in [2.24, 2.45) is 10.7 Å². The maximum atomic E-state index is 5.41. The van der Waals surface area contributed by atoms with E-state index in [1.807, 2.05) is 0 Å². The molecule has 1 aliphatic rings. The fourth-order valence-corrected chi connectivity index (χ4v) is 0.532. The topological polar surface area (TPSA) is 52.5 Å². The van der Waals surface area contributed by atoms with Crippen molar-refractivity contribution in [2.45, 2.75) is 6.92 Å². The monoisotopic (exact) mass is 142 g/mol. The number of nitrogens with zero attached hydrogens (tertiary/aromatic N) is 2. The van der Waals surface area contributed by atoms with Gasteiger partial charge in [0.1, 0.15) is 0 Å². The molecule has 0 amide bonds. The van der Waals surface area contributed by atoms with Gasteiger partial charge < -0.3 is 5.73 Å². The third-order valence-corrected chi connectivity index (χ3v) is 1.07. The Balaban J connectivity index is 3.23. The van der Waals surface area contributed by atoms with Gasteiger partial charge in [-0.3, -0.25) is 0 Å². The SMILES string of the molecule is CC1=[N+]=C=C(Cl)N=C1N. The van der Waals surface area contributed by atoms with E-state index in [0.29, 0.717) is 11.5 Å². The van der Waals surface area contributed by atoms with Crippen LogP contribution in [0, 0.1) is 0 Å². The van der Waals surface area contributed by atoms with E-state index in [1.54, 1.807) is 6.92 Å². The summed E-state index contributed by atoms with van der Waals surface area (Å²) in [5.41, 5.74) is 5.99. The number of nitrogens with two attached hydrogens (primary N) is 1. The number of amidine groups is 1. The first-order chi connectivity index (χ1) is 4.20. The van der Waals surface area contributed by atoms with Crippen molar-refractivity contribution in [2.75, 3.05) is 0 Å². The highest BCUT2D eigenvalue weighted by Crippen LogP contribution is 1.97. The van der Waals surface area contributed by atoms with E-state index in [2.05, 4.69) is 15.5 Å². The summed E-state index contributed by atoms with van der Waals surface area (Å²) in [6.07, 6.45) is 0. The van der Waals surface area contributed by atoms with Crippen molar-refractivity contribution in [1.82, 2.24) is 4.67 Å². The Morgan fingerprint density at radius 2 is 2.44 bits per heavy atom. The van der Waals surface area contributed by atoms with Gasteiger partial charge in [-0.1, -0.05) is 0 Å². The third-order valence-electron chi connectivity index (χ3n) is 0.905. The van der Waals surface area contributed by atoms with Crippen LogP contribution in [0.15, 0.2) is 10.1 Å². The summed E-state index contributed by atoms with van der Waals surface area (Å²) in [6.45, 7) is 1.75. The maximum absolute atomic E-state index is 5.41. The normalized spacial score (nSPS) is 16.4. The molecule has 0 saturated carbocycles. The molecule has 4 heteroatoms. The fourth-order valence-electron chi connectivity index (χ4n) is 0.399.